The highest BCUT2D eigenvalue weighted by molar-refractivity contribution is 5.90. The second kappa shape index (κ2) is 9.87. The summed E-state index contributed by atoms with van der Waals surface area (Å²) >= 11 is 0. The van der Waals surface area contributed by atoms with Crippen molar-refractivity contribution in [3.63, 3.8) is 0 Å². The van der Waals surface area contributed by atoms with Gasteiger partial charge in [-0.25, -0.2) is 0 Å². The minimum Gasteiger partial charge on any atom is -0.310 e. The Hall–Kier alpha value is -5.14. The summed E-state index contributed by atoms with van der Waals surface area (Å²) in [6.07, 6.45) is 1.88. The van der Waals surface area contributed by atoms with E-state index in [4.69, 9.17) is 0 Å². The van der Waals surface area contributed by atoms with Crippen LogP contribution in [0.2, 0.25) is 0 Å². The molecular formula is C39H29N. The first kappa shape index (κ1) is 23.9. The van der Waals surface area contributed by atoms with Gasteiger partial charge in [0.1, 0.15) is 0 Å². The maximum atomic E-state index is 3.93. The molecule has 40 heavy (non-hydrogen) atoms. The van der Waals surface area contributed by atoms with Crippen LogP contribution in [0.25, 0.3) is 17.2 Å². The zero-order valence-electron chi connectivity index (χ0n) is 22.2. The third-order valence-corrected chi connectivity index (χ3v) is 8.10. The maximum Gasteiger partial charge on any atom is 0.0713 e. The molecule has 190 valence electrons. The first-order valence-corrected chi connectivity index (χ1v) is 13.7. The first-order chi connectivity index (χ1) is 19.8. The highest BCUT2D eigenvalue weighted by atomic mass is 15.1. The average molecular weight is 512 g/mol. The zero-order chi connectivity index (χ0) is 26.9. The zero-order valence-corrected chi connectivity index (χ0v) is 22.2. The molecule has 0 fully saturated rings. The van der Waals surface area contributed by atoms with Crippen LogP contribution >= 0.6 is 0 Å². The summed E-state index contributed by atoms with van der Waals surface area (Å²) in [6, 6.07) is 57.0. The van der Waals surface area contributed by atoms with E-state index in [0.717, 1.165) is 22.6 Å². The summed E-state index contributed by atoms with van der Waals surface area (Å²) in [6.45, 7) is 3.93. The fourth-order valence-corrected chi connectivity index (χ4v) is 6.36. The van der Waals surface area contributed by atoms with Gasteiger partial charge in [-0.05, 0) is 75.3 Å². The monoisotopic (exact) mass is 511 g/mol. The molecule has 1 nitrogen and oxygen atoms in total. The lowest BCUT2D eigenvalue weighted by Crippen LogP contribution is -2.28. The lowest BCUT2D eigenvalue weighted by Gasteiger charge is -2.34. The van der Waals surface area contributed by atoms with Crippen LogP contribution in [0.3, 0.4) is 0 Å². The van der Waals surface area contributed by atoms with Gasteiger partial charge in [-0.1, -0.05) is 134 Å². The van der Waals surface area contributed by atoms with E-state index in [9.17, 15) is 0 Å². The molecule has 0 atom stereocenters. The molecule has 0 radical (unpaired) electrons. The summed E-state index contributed by atoms with van der Waals surface area (Å²) in [5.74, 6) is 0. The molecule has 0 bridgehead atoms. The fourth-order valence-electron chi connectivity index (χ4n) is 6.36. The Labute approximate surface area is 236 Å². The Morgan fingerprint density at radius 3 is 1.57 bits per heavy atom. The summed E-state index contributed by atoms with van der Waals surface area (Å²) in [5, 5.41) is 0. The van der Waals surface area contributed by atoms with Gasteiger partial charge in [-0.2, -0.15) is 0 Å². The van der Waals surface area contributed by atoms with E-state index in [-0.39, 0.29) is 0 Å². The molecule has 0 amide bonds. The Kier molecular flexibility index (Phi) is 5.91. The molecule has 6 aromatic rings. The smallest absolute Gasteiger partial charge is 0.0713 e. The molecule has 0 aliphatic heterocycles. The minimum atomic E-state index is -0.393. The number of para-hydroxylation sites is 1. The van der Waals surface area contributed by atoms with Crippen molar-refractivity contribution in [2.24, 2.45) is 0 Å². The van der Waals surface area contributed by atoms with Crippen LogP contribution in [-0.4, -0.2) is 0 Å². The number of anilines is 3. The average Bonchev–Trinajstić information content (AvgIpc) is 3.33. The fraction of sp³-hybridized carbons (Fsp3) is 0.0256. The van der Waals surface area contributed by atoms with E-state index >= 15 is 0 Å². The van der Waals surface area contributed by atoms with E-state index in [0.29, 0.717) is 0 Å². The third-order valence-electron chi connectivity index (χ3n) is 8.10. The molecule has 0 heterocycles. The molecule has 0 N–H and O–H groups in total. The second-order valence-corrected chi connectivity index (χ2v) is 10.2. The van der Waals surface area contributed by atoms with Crippen LogP contribution in [0, 0.1) is 0 Å². The van der Waals surface area contributed by atoms with Gasteiger partial charge in [-0.15, -0.1) is 0 Å². The van der Waals surface area contributed by atoms with Crippen LogP contribution in [0.5, 0.6) is 0 Å². The van der Waals surface area contributed by atoms with Gasteiger partial charge in [0.15, 0.2) is 0 Å². The molecular weight excluding hydrogens is 482 g/mol. The standard InChI is InChI=1S/C39H29N/c1-2-29-22-24-33(25-23-29)40(32-18-10-5-11-19-32)34-26-27-38-36(28-34)35-20-12-13-21-37(35)39(38,30-14-6-3-7-15-30)31-16-8-4-9-17-31/h2-28H,1H2. The van der Waals surface area contributed by atoms with Crippen LogP contribution in [0.1, 0.15) is 27.8 Å². The van der Waals surface area contributed by atoms with Gasteiger partial charge in [0.2, 0.25) is 0 Å². The Morgan fingerprint density at radius 1 is 0.450 bits per heavy atom. The molecule has 0 aromatic heterocycles. The number of rotatable bonds is 6. The topological polar surface area (TPSA) is 3.24 Å². The van der Waals surface area contributed by atoms with E-state index < -0.39 is 5.41 Å². The van der Waals surface area contributed by atoms with E-state index in [1.54, 1.807) is 0 Å². The number of nitrogens with zero attached hydrogens (tertiary/aromatic N) is 1. The van der Waals surface area contributed by atoms with Crippen LogP contribution < -0.4 is 4.90 Å². The highest BCUT2D eigenvalue weighted by Crippen LogP contribution is 2.57. The highest BCUT2D eigenvalue weighted by Gasteiger charge is 2.46. The van der Waals surface area contributed by atoms with Gasteiger partial charge in [-0.3, -0.25) is 0 Å². The van der Waals surface area contributed by atoms with Crippen molar-refractivity contribution < 1.29 is 0 Å². The van der Waals surface area contributed by atoms with Gasteiger partial charge in [0, 0.05) is 17.1 Å². The predicted octanol–water partition coefficient (Wildman–Crippen LogP) is 10.2. The van der Waals surface area contributed by atoms with Crippen molar-refractivity contribution >= 4 is 23.1 Å². The van der Waals surface area contributed by atoms with Crippen LogP contribution in [0.15, 0.2) is 164 Å². The Bertz CT molecular complexity index is 1750. The predicted molar refractivity (Wildman–Crippen MR) is 169 cm³/mol. The van der Waals surface area contributed by atoms with Crippen molar-refractivity contribution in [1.82, 2.24) is 0 Å². The largest absolute Gasteiger partial charge is 0.310 e. The SMILES string of the molecule is C=Cc1ccc(N(c2ccccc2)c2ccc3c(c2)-c2ccccc2C3(c2ccccc2)c2ccccc2)cc1. The summed E-state index contributed by atoms with van der Waals surface area (Å²) in [5.41, 5.74) is 11.8. The van der Waals surface area contributed by atoms with Gasteiger partial charge >= 0.3 is 0 Å². The van der Waals surface area contributed by atoms with Crippen molar-refractivity contribution in [2.75, 3.05) is 4.90 Å². The number of hydrogen-bond donors (Lipinski definition) is 0. The Balaban J connectivity index is 1.50. The van der Waals surface area contributed by atoms with E-state index in [1.807, 2.05) is 6.08 Å². The number of benzene rings is 6. The van der Waals surface area contributed by atoms with Crippen molar-refractivity contribution in [3.05, 3.63) is 192 Å². The van der Waals surface area contributed by atoms with Gasteiger partial charge in [0.25, 0.3) is 0 Å². The Morgan fingerprint density at radius 2 is 0.950 bits per heavy atom. The quantitative estimate of drug-likeness (QED) is 0.215. The lowest BCUT2D eigenvalue weighted by atomic mass is 9.68. The van der Waals surface area contributed by atoms with Crippen LogP contribution in [0.4, 0.5) is 17.1 Å². The molecule has 0 saturated carbocycles. The molecule has 1 aliphatic carbocycles. The van der Waals surface area contributed by atoms with Crippen molar-refractivity contribution in [1.29, 1.82) is 0 Å². The normalized spacial score (nSPS) is 12.8. The first-order valence-electron chi connectivity index (χ1n) is 13.7. The van der Waals surface area contributed by atoms with Gasteiger partial charge < -0.3 is 4.90 Å². The summed E-state index contributed by atoms with van der Waals surface area (Å²) < 4.78 is 0. The molecule has 0 unspecified atom stereocenters. The van der Waals surface area contributed by atoms with Crippen LogP contribution in [-0.2, 0) is 5.41 Å². The van der Waals surface area contributed by atoms with Gasteiger partial charge in [0.05, 0.1) is 5.41 Å². The second-order valence-electron chi connectivity index (χ2n) is 10.2. The summed E-state index contributed by atoms with van der Waals surface area (Å²) in [4.78, 5) is 2.33. The molecule has 1 heteroatoms. The molecule has 1 aliphatic rings. The van der Waals surface area contributed by atoms with Crippen molar-refractivity contribution in [2.45, 2.75) is 5.41 Å². The molecule has 0 spiro atoms. The lowest BCUT2D eigenvalue weighted by molar-refractivity contribution is 0.768. The number of fused-ring (bicyclic) bond motifs is 3. The number of hydrogen-bond acceptors (Lipinski definition) is 1. The molecule has 7 rings (SSSR count). The minimum absolute atomic E-state index is 0.393. The molecule has 6 aromatic carbocycles. The molecule has 0 saturated heterocycles. The van der Waals surface area contributed by atoms with Crippen molar-refractivity contribution in [3.8, 4) is 11.1 Å². The van der Waals surface area contributed by atoms with E-state index in [1.165, 1.54) is 33.4 Å². The van der Waals surface area contributed by atoms with E-state index in [2.05, 4.69) is 169 Å². The summed E-state index contributed by atoms with van der Waals surface area (Å²) in [7, 11) is 0. The third kappa shape index (κ3) is 3.71. The maximum absolute atomic E-state index is 3.93.